The fraction of sp³-hybridized carbons (Fsp3) is 1.00. The van der Waals surface area contributed by atoms with Crippen LogP contribution in [0.5, 0.6) is 0 Å². The first-order valence-corrected chi connectivity index (χ1v) is 7.01. The van der Waals surface area contributed by atoms with Crippen molar-refractivity contribution < 1.29 is 32.6 Å². The van der Waals surface area contributed by atoms with Crippen LogP contribution < -0.4 is 0 Å². The van der Waals surface area contributed by atoms with Crippen LogP contribution in [0.4, 0.5) is 0 Å². The molecule has 0 rings (SSSR count). The third-order valence-corrected chi connectivity index (χ3v) is 3.64. The molecule has 86 valence electrons. The maximum atomic E-state index is 11.0. The molecule has 0 aromatic carbocycles. The Morgan fingerprint density at radius 2 is 1.57 bits per heavy atom. The Kier molecular flexibility index (Phi) is 5.47. The highest BCUT2D eigenvalue weighted by Gasteiger charge is 2.34. The van der Waals surface area contributed by atoms with E-state index in [-0.39, 0.29) is 0 Å². The van der Waals surface area contributed by atoms with Crippen molar-refractivity contribution in [3.8, 4) is 0 Å². The molecule has 0 saturated carbocycles. The van der Waals surface area contributed by atoms with Crippen LogP contribution in [0.2, 0.25) is 0 Å². The van der Waals surface area contributed by atoms with Gasteiger partial charge in [0.2, 0.25) is 0 Å². The van der Waals surface area contributed by atoms with E-state index in [1.54, 1.807) is 13.8 Å². The predicted molar refractivity (Wildman–Crippen MR) is 48.4 cm³/mol. The second-order valence-corrected chi connectivity index (χ2v) is 5.37. The van der Waals surface area contributed by atoms with Gasteiger partial charge in [0.05, 0.1) is 6.10 Å². The molecule has 3 N–H and O–H groups in total. The third kappa shape index (κ3) is 6.68. The predicted octanol–water partition coefficient (Wildman–Crippen LogP) is 1.40. The highest BCUT2D eigenvalue weighted by atomic mass is 31.3. The average Bonchev–Trinajstić information content (AvgIpc) is 1.95. The first kappa shape index (κ1) is 14.3. The molecule has 9 heteroatoms. The molecule has 0 aromatic rings. The molecule has 0 spiro atoms. The summed E-state index contributed by atoms with van der Waals surface area (Å²) in [6, 6.07) is 0. The van der Waals surface area contributed by atoms with Gasteiger partial charge in [-0.3, -0.25) is 4.52 Å². The zero-order valence-electron chi connectivity index (χ0n) is 7.86. The molecule has 0 amide bonds. The van der Waals surface area contributed by atoms with Gasteiger partial charge in [0.1, 0.15) is 0 Å². The van der Waals surface area contributed by atoms with Gasteiger partial charge >= 0.3 is 15.6 Å². The third-order valence-electron chi connectivity index (χ3n) is 1.40. The summed E-state index contributed by atoms with van der Waals surface area (Å²) in [7, 11) is -9.67. The Bertz CT molecular complexity index is 255. The highest BCUT2D eigenvalue weighted by Crippen LogP contribution is 2.58. The molecule has 1 atom stereocenters. The Morgan fingerprint density at radius 3 is 1.86 bits per heavy atom. The lowest BCUT2D eigenvalue weighted by Crippen LogP contribution is -2.09. The Labute approximate surface area is 81.9 Å². The molecular formula is C5H14O7P2. The van der Waals surface area contributed by atoms with Crippen LogP contribution in [-0.4, -0.2) is 20.8 Å². The number of phosphoric acid groups is 2. The second kappa shape index (κ2) is 5.37. The lowest BCUT2D eigenvalue weighted by Gasteiger charge is -2.17. The standard InChI is InChI=1S/C5H14O7P2/c1-3-5(4-2)11-14(9,10)12-13(6,7)8/h5H,3-4H2,1-2H3,(H,9,10)(H2,6,7,8). The summed E-state index contributed by atoms with van der Waals surface area (Å²) in [5.74, 6) is 0. The van der Waals surface area contributed by atoms with E-state index < -0.39 is 21.7 Å². The topological polar surface area (TPSA) is 113 Å². The van der Waals surface area contributed by atoms with Crippen LogP contribution in [0.1, 0.15) is 26.7 Å². The van der Waals surface area contributed by atoms with E-state index in [0.29, 0.717) is 12.8 Å². The SMILES string of the molecule is CCC(CC)OP(=O)(O)OP(=O)(O)O. The summed E-state index contributed by atoms with van der Waals surface area (Å²) >= 11 is 0. The highest BCUT2D eigenvalue weighted by molar-refractivity contribution is 7.60. The summed E-state index contributed by atoms with van der Waals surface area (Å²) in [4.78, 5) is 25.5. The zero-order chi connectivity index (χ0) is 11.4. The van der Waals surface area contributed by atoms with Crippen LogP contribution in [-0.2, 0) is 18.0 Å². The van der Waals surface area contributed by atoms with Gasteiger partial charge in [-0.05, 0) is 12.8 Å². The van der Waals surface area contributed by atoms with E-state index in [0.717, 1.165) is 0 Å². The average molecular weight is 248 g/mol. The number of phosphoric ester groups is 1. The van der Waals surface area contributed by atoms with Crippen molar-refractivity contribution in [3.05, 3.63) is 0 Å². The fourth-order valence-electron chi connectivity index (χ4n) is 0.780. The number of hydrogen-bond donors (Lipinski definition) is 3. The van der Waals surface area contributed by atoms with Crippen molar-refractivity contribution in [2.75, 3.05) is 0 Å². The molecule has 0 saturated heterocycles. The molecule has 0 fully saturated rings. The van der Waals surface area contributed by atoms with Crippen LogP contribution in [0.25, 0.3) is 0 Å². The molecule has 0 aliphatic heterocycles. The van der Waals surface area contributed by atoms with Crippen molar-refractivity contribution in [2.45, 2.75) is 32.8 Å². The number of rotatable bonds is 6. The second-order valence-electron chi connectivity index (χ2n) is 2.58. The van der Waals surface area contributed by atoms with Gasteiger partial charge in [0, 0.05) is 0 Å². The molecule has 0 radical (unpaired) electrons. The minimum Gasteiger partial charge on any atom is -0.302 e. The lowest BCUT2D eigenvalue weighted by atomic mass is 10.2. The van der Waals surface area contributed by atoms with Crippen molar-refractivity contribution in [3.63, 3.8) is 0 Å². The first-order chi connectivity index (χ1) is 6.20. The summed E-state index contributed by atoms with van der Waals surface area (Å²) < 4.78 is 29.4. The number of hydrogen-bond acceptors (Lipinski definition) is 4. The zero-order valence-corrected chi connectivity index (χ0v) is 9.65. The molecule has 14 heavy (non-hydrogen) atoms. The van der Waals surface area contributed by atoms with Crippen molar-refractivity contribution in [2.24, 2.45) is 0 Å². The lowest BCUT2D eigenvalue weighted by molar-refractivity contribution is 0.121. The van der Waals surface area contributed by atoms with Gasteiger partial charge in [0.15, 0.2) is 0 Å². The van der Waals surface area contributed by atoms with E-state index in [1.165, 1.54) is 0 Å². The van der Waals surface area contributed by atoms with E-state index in [2.05, 4.69) is 8.83 Å². The van der Waals surface area contributed by atoms with Gasteiger partial charge in [-0.25, -0.2) is 9.13 Å². The summed E-state index contributed by atoms with van der Waals surface area (Å²) in [5, 5.41) is 0. The molecule has 0 aliphatic carbocycles. The molecule has 0 bridgehead atoms. The molecule has 0 aliphatic rings. The van der Waals surface area contributed by atoms with Gasteiger partial charge in [-0.2, -0.15) is 4.31 Å². The van der Waals surface area contributed by atoms with Crippen molar-refractivity contribution >= 4 is 15.6 Å². The molecular weight excluding hydrogens is 234 g/mol. The van der Waals surface area contributed by atoms with E-state index in [4.69, 9.17) is 14.7 Å². The van der Waals surface area contributed by atoms with Crippen LogP contribution in [0.15, 0.2) is 0 Å². The summed E-state index contributed by atoms with van der Waals surface area (Å²) in [6.45, 7) is 3.43. The van der Waals surface area contributed by atoms with E-state index >= 15 is 0 Å². The van der Waals surface area contributed by atoms with Crippen molar-refractivity contribution in [1.82, 2.24) is 0 Å². The largest absolute Gasteiger partial charge is 0.481 e. The van der Waals surface area contributed by atoms with Gasteiger partial charge in [0.25, 0.3) is 0 Å². The molecule has 0 aromatic heterocycles. The molecule has 0 heterocycles. The normalized spacial score (nSPS) is 17.0. The van der Waals surface area contributed by atoms with Crippen LogP contribution in [0.3, 0.4) is 0 Å². The van der Waals surface area contributed by atoms with Gasteiger partial charge < -0.3 is 14.7 Å². The maximum Gasteiger partial charge on any atom is 0.481 e. The van der Waals surface area contributed by atoms with Gasteiger partial charge in [-0.1, -0.05) is 13.8 Å². The Hall–Kier alpha value is 0.260. The van der Waals surface area contributed by atoms with Crippen LogP contribution in [0, 0.1) is 0 Å². The van der Waals surface area contributed by atoms with E-state index in [9.17, 15) is 9.13 Å². The Balaban J connectivity index is 4.34. The summed E-state index contributed by atoms with van der Waals surface area (Å²) in [6.07, 6.45) is 0.342. The minimum atomic E-state index is -5.00. The van der Waals surface area contributed by atoms with Gasteiger partial charge in [-0.15, -0.1) is 0 Å². The van der Waals surface area contributed by atoms with Crippen LogP contribution >= 0.6 is 15.6 Å². The fourth-order valence-corrected chi connectivity index (χ4v) is 2.68. The smallest absolute Gasteiger partial charge is 0.302 e. The maximum absolute atomic E-state index is 11.0. The monoisotopic (exact) mass is 248 g/mol. The summed E-state index contributed by atoms with van der Waals surface area (Å²) in [5.41, 5.74) is 0. The minimum absolute atomic E-state index is 0.450. The first-order valence-electron chi connectivity index (χ1n) is 3.98. The molecule has 1 unspecified atom stereocenters. The quantitative estimate of drug-likeness (QED) is 0.608. The molecule has 7 nitrogen and oxygen atoms in total. The van der Waals surface area contributed by atoms with Crippen molar-refractivity contribution in [1.29, 1.82) is 0 Å². The Morgan fingerprint density at radius 1 is 1.14 bits per heavy atom. The van der Waals surface area contributed by atoms with E-state index in [1.807, 2.05) is 0 Å².